The predicted octanol–water partition coefficient (Wildman–Crippen LogP) is 2.05. The number of fused-ring (bicyclic) bond motifs is 2. The van der Waals surface area contributed by atoms with E-state index in [0.29, 0.717) is 6.42 Å². The van der Waals surface area contributed by atoms with Crippen LogP contribution in [0, 0.1) is 5.92 Å². The van der Waals surface area contributed by atoms with Crippen molar-refractivity contribution in [1.29, 1.82) is 0 Å². The fourth-order valence-electron chi connectivity index (χ4n) is 2.89. The summed E-state index contributed by atoms with van der Waals surface area (Å²) in [6.07, 6.45) is 7.11. The maximum Gasteiger partial charge on any atom is 0.142 e. The Morgan fingerprint density at radius 1 is 1.44 bits per heavy atom. The number of hydrogen-bond donors (Lipinski definition) is 0. The SMILES string of the molecule is CC[C@]12C=C[C@](CC)(O1)[C@@H](CC=O)C(=O)C2. The zero-order valence-corrected chi connectivity index (χ0v) is 9.86. The highest BCUT2D eigenvalue weighted by molar-refractivity contribution is 5.87. The molecule has 0 aromatic rings. The monoisotopic (exact) mass is 222 g/mol. The van der Waals surface area contributed by atoms with Crippen LogP contribution >= 0.6 is 0 Å². The second-order valence-electron chi connectivity index (χ2n) is 4.76. The van der Waals surface area contributed by atoms with Crippen LogP contribution in [0.1, 0.15) is 39.5 Å². The van der Waals surface area contributed by atoms with Gasteiger partial charge in [0.15, 0.2) is 0 Å². The van der Waals surface area contributed by atoms with E-state index < -0.39 is 11.2 Å². The first kappa shape index (κ1) is 11.5. The summed E-state index contributed by atoms with van der Waals surface area (Å²) in [5, 5.41) is 0. The molecule has 0 radical (unpaired) electrons. The van der Waals surface area contributed by atoms with Gasteiger partial charge in [-0.05, 0) is 12.8 Å². The number of aldehydes is 1. The van der Waals surface area contributed by atoms with Crippen molar-refractivity contribution >= 4 is 12.1 Å². The molecular formula is C13H18O3. The fraction of sp³-hybridized carbons (Fsp3) is 0.692. The molecule has 0 aliphatic carbocycles. The van der Waals surface area contributed by atoms with Crippen LogP contribution in [-0.2, 0) is 14.3 Å². The summed E-state index contributed by atoms with van der Waals surface area (Å²) in [4.78, 5) is 22.8. The molecule has 0 aromatic carbocycles. The first-order chi connectivity index (χ1) is 7.61. The first-order valence-corrected chi connectivity index (χ1v) is 5.98. The first-order valence-electron chi connectivity index (χ1n) is 5.98. The highest BCUT2D eigenvalue weighted by Crippen LogP contribution is 2.48. The maximum atomic E-state index is 12.1. The number of carbonyl (C=O) groups is 2. The largest absolute Gasteiger partial charge is 0.359 e. The summed E-state index contributed by atoms with van der Waals surface area (Å²) in [6.45, 7) is 4.04. The third-order valence-corrected chi connectivity index (χ3v) is 4.00. The number of carbonyl (C=O) groups excluding carboxylic acids is 2. The van der Waals surface area contributed by atoms with E-state index in [2.05, 4.69) is 0 Å². The molecule has 2 bridgehead atoms. The van der Waals surface area contributed by atoms with Gasteiger partial charge in [0.25, 0.3) is 0 Å². The fourth-order valence-corrected chi connectivity index (χ4v) is 2.89. The van der Waals surface area contributed by atoms with Crippen LogP contribution in [0.25, 0.3) is 0 Å². The summed E-state index contributed by atoms with van der Waals surface area (Å²) >= 11 is 0. The molecular weight excluding hydrogens is 204 g/mol. The van der Waals surface area contributed by atoms with Crippen molar-refractivity contribution in [2.45, 2.75) is 50.7 Å². The average molecular weight is 222 g/mol. The van der Waals surface area contributed by atoms with E-state index in [1.54, 1.807) is 0 Å². The molecule has 2 aliphatic rings. The number of ketones is 1. The third kappa shape index (κ3) is 1.46. The van der Waals surface area contributed by atoms with Gasteiger partial charge in [-0.25, -0.2) is 0 Å². The molecule has 3 heteroatoms. The van der Waals surface area contributed by atoms with E-state index in [1.165, 1.54) is 0 Å². The lowest BCUT2D eigenvalue weighted by atomic mass is 9.76. The van der Waals surface area contributed by atoms with Crippen molar-refractivity contribution in [3.63, 3.8) is 0 Å². The molecule has 16 heavy (non-hydrogen) atoms. The molecule has 0 N–H and O–H groups in total. The van der Waals surface area contributed by atoms with Gasteiger partial charge in [-0.1, -0.05) is 26.0 Å². The lowest BCUT2D eigenvalue weighted by molar-refractivity contribution is -0.174. The molecule has 3 atom stereocenters. The average Bonchev–Trinajstić information content (AvgIpc) is 2.62. The standard InChI is InChI=1S/C13H18O3/c1-3-12-6-7-13(4-2,16-12)10(5-8-14)11(15)9-12/h6-8,10H,3-5,9H2,1-2H3/t10-,12+,13-/m0/s1. The molecule has 88 valence electrons. The smallest absolute Gasteiger partial charge is 0.142 e. The van der Waals surface area contributed by atoms with E-state index in [-0.39, 0.29) is 18.1 Å². The Morgan fingerprint density at radius 3 is 2.75 bits per heavy atom. The van der Waals surface area contributed by atoms with Gasteiger partial charge >= 0.3 is 0 Å². The zero-order valence-electron chi connectivity index (χ0n) is 9.86. The molecule has 2 heterocycles. The van der Waals surface area contributed by atoms with Gasteiger partial charge in [0.1, 0.15) is 12.1 Å². The summed E-state index contributed by atoms with van der Waals surface area (Å²) in [6, 6.07) is 0. The van der Waals surface area contributed by atoms with Crippen LogP contribution in [0.15, 0.2) is 12.2 Å². The van der Waals surface area contributed by atoms with Crippen molar-refractivity contribution in [2.75, 3.05) is 0 Å². The lowest BCUT2D eigenvalue weighted by Crippen LogP contribution is -2.51. The Bertz CT molecular complexity index is 347. The number of ether oxygens (including phenoxy) is 1. The van der Waals surface area contributed by atoms with Crippen LogP contribution in [0.4, 0.5) is 0 Å². The van der Waals surface area contributed by atoms with Crippen LogP contribution in [0.2, 0.25) is 0 Å². The van der Waals surface area contributed by atoms with Crippen LogP contribution in [-0.4, -0.2) is 23.3 Å². The maximum absolute atomic E-state index is 12.1. The second-order valence-corrected chi connectivity index (χ2v) is 4.76. The van der Waals surface area contributed by atoms with Gasteiger partial charge < -0.3 is 9.53 Å². The molecule has 0 amide bonds. The number of hydrogen-bond acceptors (Lipinski definition) is 3. The Morgan fingerprint density at radius 2 is 2.19 bits per heavy atom. The molecule has 2 rings (SSSR count). The van der Waals surface area contributed by atoms with Crippen LogP contribution < -0.4 is 0 Å². The predicted molar refractivity (Wildman–Crippen MR) is 60.1 cm³/mol. The van der Waals surface area contributed by atoms with E-state index >= 15 is 0 Å². The minimum atomic E-state index is -0.522. The van der Waals surface area contributed by atoms with Crippen molar-refractivity contribution in [1.82, 2.24) is 0 Å². The molecule has 1 saturated heterocycles. The highest BCUT2D eigenvalue weighted by Gasteiger charge is 2.55. The highest BCUT2D eigenvalue weighted by atomic mass is 16.5. The van der Waals surface area contributed by atoms with E-state index in [9.17, 15) is 9.59 Å². The van der Waals surface area contributed by atoms with Gasteiger partial charge in [-0.2, -0.15) is 0 Å². The van der Waals surface area contributed by atoms with Crippen LogP contribution in [0.3, 0.4) is 0 Å². The molecule has 0 saturated carbocycles. The molecule has 0 unspecified atom stereocenters. The molecule has 0 spiro atoms. The van der Waals surface area contributed by atoms with Gasteiger partial charge in [-0.15, -0.1) is 0 Å². The summed E-state index contributed by atoms with van der Waals surface area (Å²) in [7, 11) is 0. The van der Waals surface area contributed by atoms with Crippen molar-refractivity contribution in [3.05, 3.63) is 12.2 Å². The molecule has 2 aliphatic heterocycles. The Labute approximate surface area is 95.9 Å². The van der Waals surface area contributed by atoms with Crippen molar-refractivity contribution < 1.29 is 14.3 Å². The van der Waals surface area contributed by atoms with Crippen molar-refractivity contribution in [2.24, 2.45) is 5.92 Å². The number of rotatable bonds is 4. The Kier molecular flexibility index (Phi) is 2.74. The topological polar surface area (TPSA) is 43.4 Å². The van der Waals surface area contributed by atoms with E-state index in [4.69, 9.17) is 4.74 Å². The van der Waals surface area contributed by atoms with E-state index in [0.717, 1.165) is 19.1 Å². The molecule has 3 nitrogen and oxygen atoms in total. The third-order valence-electron chi connectivity index (χ3n) is 4.00. The summed E-state index contributed by atoms with van der Waals surface area (Å²) in [5.74, 6) is -0.111. The molecule has 0 aromatic heterocycles. The van der Waals surface area contributed by atoms with E-state index in [1.807, 2.05) is 26.0 Å². The minimum Gasteiger partial charge on any atom is -0.359 e. The number of Topliss-reactive ketones (excluding diaryl/α,β-unsaturated/α-hetero) is 1. The Balaban J connectivity index is 2.35. The lowest BCUT2D eigenvalue weighted by Gasteiger charge is -2.43. The van der Waals surface area contributed by atoms with Crippen LogP contribution in [0.5, 0.6) is 0 Å². The van der Waals surface area contributed by atoms with Gasteiger partial charge in [0.2, 0.25) is 0 Å². The summed E-state index contributed by atoms with van der Waals surface area (Å²) < 4.78 is 6.12. The van der Waals surface area contributed by atoms with Gasteiger partial charge in [0, 0.05) is 12.8 Å². The quantitative estimate of drug-likeness (QED) is 0.540. The Hall–Kier alpha value is -0.960. The normalized spacial score (nSPS) is 41.4. The van der Waals surface area contributed by atoms with Gasteiger partial charge in [0.05, 0.1) is 17.1 Å². The second kappa shape index (κ2) is 3.81. The summed E-state index contributed by atoms with van der Waals surface area (Å²) in [5.41, 5.74) is -0.918. The molecule has 1 fully saturated rings. The van der Waals surface area contributed by atoms with Gasteiger partial charge in [-0.3, -0.25) is 4.79 Å². The van der Waals surface area contributed by atoms with Crippen molar-refractivity contribution in [3.8, 4) is 0 Å². The zero-order chi connectivity index (χ0) is 11.8. The minimum absolute atomic E-state index is 0.173.